The molecule has 0 fully saturated rings. The normalized spacial score (nSPS) is 11.9. The molecule has 1 N–H and O–H groups in total. The number of thiophene rings is 1. The summed E-state index contributed by atoms with van der Waals surface area (Å²) in [6, 6.07) is 9.31. The van der Waals surface area contributed by atoms with Crippen molar-refractivity contribution < 1.29 is 14.3 Å². The number of hydrogen-bond donors (Lipinski definition) is 1. The van der Waals surface area contributed by atoms with E-state index >= 15 is 0 Å². The van der Waals surface area contributed by atoms with Crippen LogP contribution in [-0.2, 0) is 4.79 Å². The number of carboxylic acids is 1. The quantitative estimate of drug-likeness (QED) is 0.789. The number of nitrogens with zero attached hydrogens (tertiary/aromatic N) is 1. The van der Waals surface area contributed by atoms with Crippen LogP contribution in [0.15, 0.2) is 45.5 Å². The molecule has 5 heteroatoms. The average molecular weight is 285 g/mol. The van der Waals surface area contributed by atoms with Gasteiger partial charge in [0.2, 0.25) is 5.89 Å². The van der Waals surface area contributed by atoms with Gasteiger partial charge in [0.25, 0.3) is 0 Å². The third kappa shape index (κ3) is 2.62. The number of benzene rings is 1. The van der Waals surface area contributed by atoms with Crippen LogP contribution in [-0.4, -0.2) is 16.1 Å². The minimum atomic E-state index is -0.909. The molecule has 0 radical (unpaired) electrons. The van der Waals surface area contributed by atoms with Gasteiger partial charge in [0, 0.05) is 5.57 Å². The van der Waals surface area contributed by atoms with Crippen LogP contribution in [0.5, 0.6) is 0 Å². The van der Waals surface area contributed by atoms with E-state index in [2.05, 4.69) is 4.98 Å². The molecule has 0 saturated carbocycles. The van der Waals surface area contributed by atoms with Crippen LogP contribution < -0.4 is 0 Å². The molecule has 100 valence electrons. The molecule has 0 unspecified atom stereocenters. The highest BCUT2D eigenvalue weighted by Crippen LogP contribution is 2.25. The number of aliphatic carboxylic acids is 1. The Hall–Kier alpha value is -2.40. The van der Waals surface area contributed by atoms with Crippen LogP contribution in [0.25, 0.3) is 22.7 Å². The molecule has 20 heavy (non-hydrogen) atoms. The molecular weight excluding hydrogens is 274 g/mol. The van der Waals surface area contributed by atoms with Gasteiger partial charge in [-0.2, -0.15) is 11.3 Å². The second-order valence-corrected chi connectivity index (χ2v) is 5.06. The Kier molecular flexibility index (Phi) is 3.35. The second kappa shape index (κ2) is 5.30. The van der Waals surface area contributed by atoms with Gasteiger partial charge in [-0.3, -0.25) is 4.79 Å². The monoisotopic (exact) mass is 285 g/mol. The Labute approximate surface area is 119 Å². The van der Waals surface area contributed by atoms with E-state index in [-0.39, 0.29) is 6.42 Å². The summed E-state index contributed by atoms with van der Waals surface area (Å²) in [5.41, 5.74) is 2.90. The third-order valence-corrected chi connectivity index (χ3v) is 3.50. The van der Waals surface area contributed by atoms with E-state index in [1.165, 1.54) is 0 Å². The van der Waals surface area contributed by atoms with Crippen molar-refractivity contribution >= 4 is 40.1 Å². The number of carboxylic acid groups (broad SMARTS) is 1. The highest BCUT2D eigenvalue weighted by atomic mass is 32.1. The predicted molar refractivity (Wildman–Crippen MR) is 78.5 cm³/mol. The number of rotatable bonds is 4. The maximum Gasteiger partial charge on any atom is 0.308 e. The Balaban J connectivity index is 2.06. The first kappa shape index (κ1) is 12.6. The Bertz CT molecular complexity index is 738. The fourth-order valence-electron chi connectivity index (χ4n) is 1.92. The molecule has 0 atom stereocenters. The first-order valence-electron chi connectivity index (χ1n) is 6.03. The average Bonchev–Trinajstić information content (AvgIpc) is 3.05. The number of hydrogen-bond acceptors (Lipinski definition) is 4. The second-order valence-electron chi connectivity index (χ2n) is 4.28. The van der Waals surface area contributed by atoms with Crippen molar-refractivity contribution in [2.45, 2.75) is 6.42 Å². The van der Waals surface area contributed by atoms with E-state index in [1.807, 2.05) is 41.1 Å². The number of para-hydroxylation sites is 2. The van der Waals surface area contributed by atoms with Crippen molar-refractivity contribution in [1.82, 2.24) is 4.98 Å². The number of oxazole rings is 1. The van der Waals surface area contributed by atoms with E-state index < -0.39 is 5.97 Å². The maximum absolute atomic E-state index is 11.0. The summed E-state index contributed by atoms with van der Waals surface area (Å²) in [7, 11) is 0. The predicted octanol–water partition coefficient (Wildman–Crippen LogP) is 3.90. The minimum Gasteiger partial charge on any atom is -0.481 e. The van der Waals surface area contributed by atoms with Gasteiger partial charge in [0.1, 0.15) is 5.52 Å². The lowest BCUT2D eigenvalue weighted by Gasteiger charge is -1.99. The van der Waals surface area contributed by atoms with Crippen molar-refractivity contribution in [3.63, 3.8) is 0 Å². The van der Waals surface area contributed by atoms with Crippen LogP contribution in [0.4, 0.5) is 0 Å². The van der Waals surface area contributed by atoms with Crippen LogP contribution in [0.1, 0.15) is 17.9 Å². The standard InChI is InChI=1S/C15H11NO3S/c17-14(18)8-11(7-10-5-6-20-9-10)15-16-12-3-1-2-4-13(12)19-15/h1-7,9H,8H2,(H,17,18)/b11-7-. The molecule has 0 spiro atoms. The molecule has 1 aromatic carbocycles. The smallest absolute Gasteiger partial charge is 0.308 e. The number of fused-ring (bicyclic) bond motifs is 1. The van der Waals surface area contributed by atoms with Gasteiger partial charge in [0.15, 0.2) is 5.58 Å². The van der Waals surface area contributed by atoms with Crippen LogP contribution in [0.3, 0.4) is 0 Å². The van der Waals surface area contributed by atoms with Gasteiger partial charge in [-0.1, -0.05) is 12.1 Å². The van der Waals surface area contributed by atoms with Crippen molar-refractivity contribution in [1.29, 1.82) is 0 Å². The number of aromatic nitrogens is 1. The molecule has 0 amide bonds. The lowest BCUT2D eigenvalue weighted by atomic mass is 10.1. The first-order chi connectivity index (χ1) is 9.72. The zero-order valence-electron chi connectivity index (χ0n) is 10.4. The van der Waals surface area contributed by atoms with Crippen LogP contribution >= 0.6 is 11.3 Å². The molecule has 0 aliphatic heterocycles. The molecule has 3 rings (SSSR count). The topological polar surface area (TPSA) is 63.3 Å². The maximum atomic E-state index is 11.0. The van der Waals surface area contributed by atoms with Gasteiger partial charge in [-0.15, -0.1) is 0 Å². The molecular formula is C15H11NO3S. The van der Waals surface area contributed by atoms with Gasteiger partial charge in [-0.05, 0) is 40.6 Å². The summed E-state index contributed by atoms with van der Waals surface area (Å²) in [5.74, 6) is -0.548. The van der Waals surface area contributed by atoms with Crippen molar-refractivity contribution in [3.05, 3.63) is 52.5 Å². The van der Waals surface area contributed by atoms with Crippen molar-refractivity contribution in [3.8, 4) is 0 Å². The Morgan fingerprint density at radius 2 is 2.20 bits per heavy atom. The van der Waals surface area contributed by atoms with Gasteiger partial charge in [-0.25, -0.2) is 4.98 Å². The van der Waals surface area contributed by atoms with Crippen molar-refractivity contribution in [2.75, 3.05) is 0 Å². The van der Waals surface area contributed by atoms with Crippen LogP contribution in [0.2, 0.25) is 0 Å². The Morgan fingerprint density at radius 3 is 2.90 bits per heavy atom. The zero-order chi connectivity index (χ0) is 13.9. The highest BCUT2D eigenvalue weighted by Gasteiger charge is 2.14. The van der Waals surface area contributed by atoms with Crippen LogP contribution in [0, 0.1) is 0 Å². The van der Waals surface area contributed by atoms with Gasteiger partial charge < -0.3 is 9.52 Å². The molecule has 2 heterocycles. The summed E-state index contributed by atoms with van der Waals surface area (Å²) in [5, 5.41) is 12.9. The minimum absolute atomic E-state index is 0.122. The molecule has 2 aromatic heterocycles. The SMILES string of the molecule is O=C(O)C/C(=C/c1ccsc1)c1nc2ccccc2o1. The largest absolute Gasteiger partial charge is 0.481 e. The molecule has 0 saturated heterocycles. The number of carbonyl (C=O) groups is 1. The van der Waals surface area contributed by atoms with E-state index in [0.717, 1.165) is 11.1 Å². The lowest BCUT2D eigenvalue weighted by Crippen LogP contribution is -1.97. The first-order valence-corrected chi connectivity index (χ1v) is 6.97. The third-order valence-electron chi connectivity index (χ3n) is 2.79. The lowest BCUT2D eigenvalue weighted by molar-refractivity contribution is -0.135. The summed E-state index contributed by atoms with van der Waals surface area (Å²) >= 11 is 1.56. The Morgan fingerprint density at radius 1 is 1.35 bits per heavy atom. The van der Waals surface area contributed by atoms with Gasteiger partial charge >= 0.3 is 5.97 Å². The highest BCUT2D eigenvalue weighted by molar-refractivity contribution is 7.08. The van der Waals surface area contributed by atoms with Crippen molar-refractivity contribution in [2.24, 2.45) is 0 Å². The molecule has 0 aliphatic carbocycles. The zero-order valence-corrected chi connectivity index (χ0v) is 11.3. The van der Waals surface area contributed by atoms with E-state index in [4.69, 9.17) is 9.52 Å². The summed E-state index contributed by atoms with van der Waals surface area (Å²) in [6.45, 7) is 0. The van der Waals surface area contributed by atoms with E-state index in [0.29, 0.717) is 17.0 Å². The van der Waals surface area contributed by atoms with E-state index in [9.17, 15) is 4.79 Å². The molecule has 3 aromatic rings. The van der Waals surface area contributed by atoms with E-state index in [1.54, 1.807) is 17.4 Å². The van der Waals surface area contributed by atoms with Gasteiger partial charge in [0.05, 0.1) is 6.42 Å². The summed E-state index contributed by atoms with van der Waals surface area (Å²) < 4.78 is 5.64. The molecule has 0 aliphatic rings. The fourth-order valence-corrected chi connectivity index (χ4v) is 2.54. The molecule has 0 bridgehead atoms. The molecule has 4 nitrogen and oxygen atoms in total. The summed E-state index contributed by atoms with van der Waals surface area (Å²) in [4.78, 5) is 15.4. The summed E-state index contributed by atoms with van der Waals surface area (Å²) in [6.07, 6.45) is 1.68. The fraction of sp³-hybridized carbons (Fsp3) is 0.0667.